The molecule has 17 heavy (non-hydrogen) atoms. The fourth-order valence-corrected chi connectivity index (χ4v) is 2.98. The SMILES string of the molecule is CCC(CC)(OC)c1nc(CNC(C)C)cs1. The van der Waals surface area contributed by atoms with E-state index in [9.17, 15) is 0 Å². The summed E-state index contributed by atoms with van der Waals surface area (Å²) in [6.45, 7) is 9.43. The van der Waals surface area contributed by atoms with Crippen LogP contribution in [0.25, 0.3) is 0 Å². The lowest BCUT2D eigenvalue weighted by Gasteiger charge is -2.27. The third kappa shape index (κ3) is 3.50. The zero-order chi connectivity index (χ0) is 12.9. The smallest absolute Gasteiger partial charge is 0.125 e. The molecule has 0 saturated heterocycles. The number of thiazole rings is 1. The highest BCUT2D eigenvalue weighted by molar-refractivity contribution is 7.09. The standard InChI is InChI=1S/C13H24N2OS/c1-6-13(7-2,16-5)12-15-11(9-17-12)8-14-10(3)4/h9-10,14H,6-8H2,1-5H3. The van der Waals surface area contributed by atoms with Crippen molar-refractivity contribution in [3.8, 4) is 0 Å². The molecule has 1 N–H and O–H groups in total. The van der Waals surface area contributed by atoms with Gasteiger partial charge in [-0.3, -0.25) is 0 Å². The van der Waals surface area contributed by atoms with Crippen LogP contribution in [0.4, 0.5) is 0 Å². The summed E-state index contributed by atoms with van der Waals surface area (Å²) in [5.41, 5.74) is 0.919. The number of ether oxygens (including phenoxy) is 1. The van der Waals surface area contributed by atoms with Crippen LogP contribution in [0, 0.1) is 0 Å². The van der Waals surface area contributed by atoms with Gasteiger partial charge in [-0.05, 0) is 12.8 Å². The minimum atomic E-state index is -0.194. The maximum Gasteiger partial charge on any atom is 0.125 e. The Balaban J connectivity index is 2.78. The van der Waals surface area contributed by atoms with Gasteiger partial charge < -0.3 is 10.1 Å². The fourth-order valence-electron chi connectivity index (χ4n) is 1.83. The van der Waals surface area contributed by atoms with Crippen molar-refractivity contribution in [2.24, 2.45) is 0 Å². The molecule has 98 valence electrons. The van der Waals surface area contributed by atoms with Crippen LogP contribution in [-0.2, 0) is 16.9 Å². The summed E-state index contributed by atoms with van der Waals surface area (Å²) in [6, 6.07) is 0.490. The Bertz CT molecular complexity index is 324. The molecule has 0 fully saturated rings. The average Bonchev–Trinajstić information content (AvgIpc) is 2.79. The van der Waals surface area contributed by atoms with Crippen molar-refractivity contribution < 1.29 is 4.74 Å². The van der Waals surface area contributed by atoms with Crippen LogP contribution in [-0.4, -0.2) is 18.1 Å². The molecule has 3 nitrogen and oxygen atoms in total. The van der Waals surface area contributed by atoms with Gasteiger partial charge in [0.1, 0.15) is 10.6 Å². The van der Waals surface area contributed by atoms with Crippen molar-refractivity contribution in [2.45, 2.75) is 58.7 Å². The number of aromatic nitrogens is 1. The lowest BCUT2D eigenvalue weighted by atomic mass is 9.98. The Kier molecular flexibility index (Phi) is 5.56. The minimum absolute atomic E-state index is 0.194. The molecular formula is C13H24N2OS. The monoisotopic (exact) mass is 256 g/mol. The first-order chi connectivity index (χ1) is 8.07. The fraction of sp³-hybridized carbons (Fsp3) is 0.769. The molecule has 0 spiro atoms. The summed E-state index contributed by atoms with van der Waals surface area (Å²) in [7, 11) is 1.78. The Hall–Kier alpha value is -0.450. The van der Waals surface area contributed by atoms with Gasteiger partial charge in [-0.1, -0.05) is 27.7 Å². The van der Waals surface area contributed by atoms with Gasteiger partial charge in [-0.25, -0.2) is 4.98 Å². The molecule has 0 aromatic carbocycles. The van der Waals surface area contributed by atoms with Crippen molar-refractivity contribution in [1.82, 2.24) is 10.3 Å². The molecule has 0 unspecified atom stereocenters. The highest BCUT2D eigenvalue weighted by Gasteiger charge is 2.31. The normalized spacial score (nSPS) is 12.4. The van der Waals surface area contributed by atoms with E-state index in [2.05, 4.69) is 38.4 Å². The van der Waals surface area contributed by atoms with E-state index in [0.717, 1.165) is 30.1 Å². The summed E-state index contributed by atoms with van der Waals surface area (Å²) in [6.07, 6.45) is 1.93. The molecule has 0 aliphatic carbocycles. The lowest BCUT2D eigenvalue weighted by Crippen LogP contribution is -2.27. The Labute approximate surface area is 109 Å². The number of nitrogens with one attached hydrogen (secondary N) is 1. The molecule has 1 aromatic heterocycles. The minimum Gasteiger partial charge on any atom is -0.371 e. The predicted molar refractivity (Wildman–Crippen MR) is 73.4 cm³/mol. The van der Waals surface area contributed by atoms with Crippen LogP contribution < -0.4 is 5.32 Å². The second kappa shape index (κ2) is 6.47. The molecule has 1 aromatic rings. The highest BCUT2D eigenvalue weighted by atomic mass is 32.1. The summed E-state index contributed by atoms with van der Waals surface area (Å²) in [5.74, 6) is 0. The van der Waals surface area contributed by atoms with Gasteiger partial charge in [-0.2, -0.15) is 0 Å². The molecule has 0 atom stereocenters. The van der Waals surface area contributed by atoms with E-state index in [4.69, 9.17) is 9.72 Å². The van der Waals surface area contributed by atoms with Crippen LogP contribution in [0.5, 0.6) is 0 Å². The van der Waals surface area contributed by atoms with E-state index >= 15 is 0 Å². The first-order valence-corrected chi connectivity index (χ1v) is 7.19. The molecule has 1 rings (SSSR count). The number of rotatable bonds is 7. The van der Waals surface area contributed by atoms with Gasteiger partial charge in [0.15, 0.2) is 0 Å². The zero-order valence-corrected chi connectivity index (χ0v) is 12.4. The number of methoxy groups -OCH3 is 1. The van der Waals surface area contributed by atoms with Gasteiger partial charge in [-0.15, -0.1) is 11.3 Å². The molecule has 0 saturated carbocycles. The van der Waals surface area contributed by atoms with E-state index in [0.29, 0.717) is 6.04 Å². The summed E-state index contributed by atoms with van der Waals surface area (Å²) >= 11 is 1.71. The van der Waals surface area contributed by atoms with Crippen molar-refractivity contribution in [3.63, 3.8) is 0 Å². The molecule has 0 aliphatic heterocycles. The molecular weight excluding hydrogens is 232 g/mol. The van der Waals surface area contributed by atoms with Gasteiger partial charge >= 0.3 is 0 Å². The van der Waals surface area contributed by atoms with Gasteiger partial charge in [0, 0.05) is 25.1 Å². The lowest BCUT2D eigenvalue weighted by molar-refractivity contribution is -0.0219. The van der Waals surface area contributed by atoms with Crippen molar-refractivity contribution in [3.05, 3.63) is 16.1 Å². The van der Waals surface area contributed by atoms with Crippen LogP contribution >= 0.6 is 11.3 Å². The quantitative estimate of drug-likeness (QED) is 0.812. The summed E-state index contributed by atoms with van der Waals surface area (Å²) in [5, 5.41) is 6.62. The molecule has 4 heteroatoms. The molecule has 0 amide bonds. The number of nitrogens with zero attached hydrogens (tertiary/aromatic N) is 1. The van der Waals surface area contributed by atoms with Crippen LogP contribution in [0.3, 0.4) is 0 Å². The van der Waals surface area contributed by atoms with Gasteiger partial charge in [0.05, 0.1) is 5.69 Å². The Morgan fingerprint density at radius 1 is 1.41 bits per heavy atom. The van der Waals surface area contributed by atoms with E-state index < -0.39 is 0 Å². The molecule has 0 aliphatic rings. The third-order valence-electron chi connectivity index (χ3n) is 3.17. The van der Waals surface area contributed by atoms with E-state index in [1.807, 2.05) is 0 Å². The van der Waals surface area contributed by atoms with Crippen LogP contribution in [0.2, 0.25) is 0 Å². The van der Waals surface area contributed by atoms with Gasteiger partial charge in [0.2, 0.25) is 0 Å². The maximum atomic E-state index is 5.69. The second-order valence-electron chi connectivity index (χ2n) is 4.59. The number of hydrogen-bond donors (Lipinski definition) is 1. The van der Waals surface area contributed by atoms with Crippen molar-refractivity contribution in [2.75, 3.05) is 7.11 Å². The van der Waals surface area contributed by atoms with Crippen molar-refractivity contribution >= 4 is 11.3 Å². The highest BCUT2D eigenvalue weighted by Crippen LogP contribution is 2.34. The van der Waals surface area contributed by atoms with E-state index in [1.165, 1.54) is 0 Å². The van der Waals surface area contributed by atoms with E-state index in [-0.39, 0.29) is 5.60 Å². The molecule has 1 heterocycles. The first kappa shape index (κ1) is 14.6. The Morgan fingerprint density at radius 2 is 2.06 bits per heavy atom. The van der Waals surface area contributed by atoms with E-state index in [1.54, 1.807) is 18.4 Å². The van der Waals surface area contributed by atoms with Crippen LogP contribution in [0.1, 0.15) is 51.2 Å². The Morgan fingerprint density at radius 3 is 2.53 bits per heavy atom. The molecule has 0 radical (unpaired) electrons. The predicted octanol–water partition coefficient (Wildman–Crippen LogP) is 3.30. The summed E-state index contributed by atoms with van der Waals surface area (Å²) in [4.78, 5) is 4.70. The van der Waals surface area contributed by atoms with Gasteiger partial charge in [0.25, 0.3) is 0 Å². The second-order valence-corrected chi connectivity index (χ2v) is 5.44. The summed E-state index contributed by atoms with van der Waals surface area (Å²) < 4.78 is 5.69. The largest absolute Gasteiger partial charge is 0.371 e. The van der Waals surface area contributed by atoms with Crippen molar-refractivity contribution in [1.29, 1.82) is 0 Å². The topological polar surface area (TPSA) is 34.1 Å². The average molecular weight is 256 g/mol. The first-order valence-electron chi connectivity index (χ1n) is 6.31. The number of hydrogen-bond acceptors (Lipinski definition) is 4. The molecule has 0 bridgehead atoms. The van der Waals surface area contributed by atoms with Crippen LogP contribution in [0.15, 0.2) is 5.38 Å². The third-order valence-corrected chi connectivity index (χ3v) is 4.24. The zero-order valence-electron chi connectivity index (χ0n) is 11.5. The maximum absolute atomic E-state index is 5.69.